The summed E-state index contributed by atoms with van der Waals surface area (Å²) in [4.78, 5) is 2.70. The van der Waals surface area contributed by atoms with Gasteiger partial charge in [0.1, 0.15) is 0 Å². The summed E-state index contributed by atoms with van der Waals surface area (Å²) in [7, 11) is 0. The molecule has 1 heterocycles. The Balaban J connectivity index is 1.49. The molecule has 1 heteroatoms. The molecular formula is C21H35N. The summed E-state index contributed by atoms with van der Waals surface area (Å²) in [5.41, 5.74) is 1.50. The summed E-state index contributed by atoms with van der Waals surface area (Å²) in [6.07, 6.45) is 14.0. The third kappa shape index (κ3) is 6.96. The van der Waals surface area contributed by atoms with Gasteiger partial charge in [0.25, 0.3) is 0 Å². The Bertz CT molecular complexity index is 365. The number of hydrogen-bond donors (Lipinski definition) is 0. The van der Waals surface area contributed by atoms with Crippen molar-refractivity contribution in [2.24, 2.45) is 5.92 Å². The maximum atomic E-state index is 2.70. The fourth-order valence-corrected chi connectivity index (χ4v) is 3.67. The van der Waals surface area contributed by atoms with E-state index in [1.165, 1.54) is 89.4 Å². The molecule has 1 aromatic rings. The van der Waals surface area contributed by atoms with Crippen molar-refractivity contribution in [3.63, 3.8) is 0 Å². The average molecular weight is 302 g/mol. The average Bonchev–Trinajstić information content (AvgIpc) is 2.58. The molecule has 1 fully saturated rings. The predicted octanol–water partition coefficient (Wildman–Crippen LogP) is 5.69. The Morgan fingerprint density at radius 3 is 2.41 bits per heavy atom. The molecule has 0 N–H and O–H groups in total. The highest BCUT2D eigenvalue weighted by Crippen LogP contribution is 2.23. The van der Waals surface area contributed by atoms with Gasteiger partial charge in [-0.05, 0) is 63.2 Å². The van der Waals surface area contributed by atoms with E-state index >= 15 is 0 Å². The Labute approximate surface area is 138 Å². The Morgan fingerprint density at radius 1 is 0.909 bits per heavy atom. The standard InChI is InChI=1S/C21H35N/c1-2-3-4-10-17-22-18-15-21(16-19-22)14-9-8-13-20-11-6-5-7-12-20/h5-7,11-12,21H,2-4,8-10,13-19H2,1H3. The zero-order valence-corrected chi connectivity index (χ0v) is 14.6. The summed E-state index contributed by atoms with van der Waals surface area (Å²) in [6.45, 7) is 6.36. The van der Waals surface area contributed by atoms with E-state index in [4.69, 9.17) is 0 Å². The van der Waals surface area contributed by atoms with E-state index in [0.29, 0.717) is 0 Å². The van der Waals surface area contributed by atoms with E-state index in [-0.39, 0.29) is 0 Å². The van der Waals surface area contributed by atoms with Crippen LogP contribution in [0, 0.1) is 5.92 Å². The molecule has 2 rings (SSSR count). The van der Waals surface area contributed by atoms with Gasteiger partial charge in [0.05, 0.1) is 0 Å². The van der Waals surface area contributed by atoms with E-state index in [2.05, 4.69) is 42.2 Å². The number of likely N-dealkylation sites (tertiary alicyclic amines) is 1. The van der Waals surface area contributed by atoms with Gasteiger partial charge in [0, 0.05) is 0 Å². The van der Waals surface area contributed by atoms with Crippen LogP contribution in [-0.2, 0) is 6.42 Å². The van der Waals surface area contributed by atoms with Crippen LogP contribution >= 0.6 is 0 Å². The molecule has 0 amide bonds. The van der Waals surface area contributed by atoms with Crippen LogP contribution in [0.3, 0.4) is 0 Å². The third-order valence-electron chi connectivity index (χ3n) is 5.21. The lowest BCUT2D eigenvalue weighted by atomic mass is 9.91. The van der Waals surface area contributed by atoms with Crippen molar-refractivity contribution in [1.82, 2.24) is 4.90 Å². The molecule has 0 atom stereocenters. The highest BCUT2D eigenvalue weighted by molar-refractivity contribution is 5.14. The van der Waals surface area contributed by atoms with Crippen molar-refractivity contribution in [3.8, 4) is 0 Å². The van der Waals surface area contributed by atoms with Gasteiger partial charge < -0.3 is 4.90 Å². The van der Waals surface area contributed by atoms with Crippen LogP contribution in [0.4, 0.5) is 0 Å². The van der Waals surface area contributed by atoms with Crippen molar-refractivity contribution in [3.05, 3.63) is 35.9 Å². The van der Waals surface area contributed by atoms with E-state index in [1.54, 1.807) is 0 Å². The number of rotatable bonds is 10. The first-order chi connectivity index (χ1) is 10.9. The summed E-state index contributed by atoms with van der Waals surface area (Å²) in [5.74, 6) is 1.00. The number of benzene rings is 1. The molecule has 0 radical (unpaired) electrons. The van der Waals surface area contributed by atoms with E-state index in [1.807, 2.05) is 0 Å². The van der Waals surface area contributed by atoms with Gasteiger partial charge >= 0.3 is 0 Å². The molecule has 22 heavy (non-hydrogen) atoms. The van der Waals surface area contributed by atoms with Crippen LogP contribution in [0.1, 0.15) is 70.3 Å². The Kier molecular flexibility index (Phi) is 8.63. The molecule has 1 nitrogen and oxygen atoms in total. The number of nitrogens with zero attached hydrogens (tertiary/aromatic N) is 1. The molecule has 0 aliphatic carbocycles. The van der Waals surface area contributed by atoms with Gasteiger partial charge in [0.15, 0.2) is 0 Å². The maximum absolute atomic E-state index is 2.70. The molecule has 0 bridgehead atoms. The number of hydrogen-bond acceptors (Lipinski definition) is 1. The summed E-state index contributed by atoms with van der Waals surface area (Å²) >= 11 is 0. The van der Waals surface area contributed by atoms with Crippen molar-refractivity contribution < 1.29 is 0 Å². The summed E-state index contributed by atoms with van der Waals surface area (Å²) in [6, 6.07) is 10.9. The van der Waals surface area contributed by atoms with Gasteiger partial charge in [0.2, 0.25) is 0 Å². The Morgan fingerprint density at radius 2 is 1.68 bits per heavy atom. The first kappa shape index (κ1) is 17.5. The fraction of sp³-hybridized carbons (Fsp3) is 0.714. The van der Waals surface area contributed by atoms with Crippen molar-refractivity contribution >= 4 is 0 Å². The molecule has 1 aliphatic heterocycles. The molecule has 124 valence electrons. The van der Waals surface area contributed by atoms with Crippen LogP contribution in [0.5, 0.6) is 0 Å². The first-order valence-electron chi connectivity index (χ1n) is 9.64. The molecule has 1 aromatic carbocycles. The van der Waals surface area contributed by atoms with Gasteiger partial charge in [-0.2, -0.15) is 0 Å². The van der Waals surface area contributed by atoms with Crippen LogP contribution in [0.2, 0.25) is 0 Å². The number of aryl methyl sites for hydroxylation is 1. The van der Waals surface area contributed by atoms with Crippen LogP contribution in [-0.4, -0.2) is 24.5 Å². The normalized spacial score (nSPS) is 17.0. The number of unbranched alkanes of at least 4 members (excludes halogenated alkanes) is 4. The second kappa shape index (κ2) is 10.8. The van der Waals surface area contributed by atoms with Gasteiger partial charge in [-0.1, -0.05) is 69.4 Å². The monoisotopic (exact) mass is 301 g/mol. The molecule has 1 saturated heterocycles. The lowest BCUT2D eigenvalue weighted by Crippen LogP contribution is -2.34. The quantitative estimate of drug-likeness (QED) is 0.502. The van der Waals surface area contributed by atoms with Crippen molar-refractivity contribution in [2.75, 3.05) is 19.6 Å². The summed E-state index contributed by atoms with van der Waals surface area (Å²) in [5, 5.41) is 0. The van der Waals surface area contributed by atoms with E-state index < -0.39 is 0 Å². The van der Waals surface area contributed by atoms with Crippen LogP contribution in [0.15, 0.2) is 30.3 Å². The highest BCUT2D eigenvalue weighted by Gasteiger charge is 2.18. The minimum absolute atomic E-state index is 1.00. The van der Waals surface area contributed by atoms with Crippen molar-refractivity contribution in [1.29, 1.82) is 0 Å². The topological polar surface area (TPSA) is 3.24 Å². The molecule has 0 spiro atoms. The molecule has 0 unspecified atom stereocenters. The summed E-state index contributed by atoms with van der Waals surface area (Å²) < 4.78 is 0. The zero-order valence-electron chi connectivity index (χ0n) is 14.6. The lowest BCUT2D eigenvalue weighted by Gasteiger charge is -2.32. The Hall–Kier alpha value is -0.820. The lowest BCUT2D eigenvalue weighted by molar-refractivity contribution is 0.174. The van der Waals surface area contributed by atoms with E-state index in [9.17, 15) is 0 Å². The van der Waals surface area contributed by atoms with Crippen LogP contribution < -0.4 is 0 Å². The zero-order chi connectivity index (χ0) is 15.5. The SMILES string of the molecule is CCCCCCN1CCC(CCCCc2ccccc2)CC1. The second-order valence-corrected chi connectivity index (χ2v) is 7.08. The first-order valence-corrected chi connectivity index (χ1v) is 9.64. The minimum Gasteiger partial charge on any atom is -0.303 e. The van der Waals surface area contributed by atoms with Gasteiger partial charge in [-0.3, -0.25) is 0 Å². The van der Waals surface area contributed by atoms with Crippen LogP contribution in [0.25, 0.3) is 0 Å². The molecule has 0 saturated carbocycles. The van der Waals surface area contributed by atoms with Gasteiger partial charge in [-0.15, -0.1) is 0 Å². The molecular weight excluding hydrogens is 266 g/mol. The number of piperidine rings is 1. The minimum atomic E-state index is 1.00. The molecule has 0 aromatic heterocycles. The maximum Gasteiger partial charge on any atom is -0.00161 e. The second-order valence-electron chi connectivity index (χ2n) is 7.08. The molecule has 1 aliphatic rings. The smallest absolute Gasteiger partial charge is 0.00161 e. The fourth-order valence-electron chi connectivity index (χ4n) is 3.67. The van der Waals surface area contributed by atoms with Gasteiger partial charge in [-0.25, -0.2) is 0 Å². The third-order valence-corrected chi connectivity index (χ3v) is 5.21. The van der Waals surface area contributed by atoms with E-state index in [0.717, 1.165) is 5.92 Å². The highest BCUT2D eigenvalue weighted by atomic mass is 15.1. The van der Waals surface area contributed by atoms with Crippen molar-refractivity contribution in [2.45, 2.75) is 71.1 Å². The predicted molar refractivity (Wildman–Crippen MR) is 97.3 cm³/mol. The largest absolute Gasteiger partial charge is 0.303 e.